The summed E-state index contributed by atoms with van der Waals surface area (Å²) in [5.74, 6) is 0.505. The molecular formula is C9H20O2. The van der Waals surface area contributed by atoms with Crippen LogP contribution in [0.15, 0.2) is 0 Å². The van der Waals surface area contributed by atoms with E-state index in [-0.39, 0.29) is 12.7 Å². The molecule has 2 heteroatoms. The Kier molecular flexibility index (Phi) is 6.57. The summed E-state index contributed by atoms with van der Waals surface area (Å²) in [6, 6.07) is 0. The summed E-state index contributed by atoms with van der Waals surface area (Å²) in [7, 11) is 0. The highest BCUT2D eigenvalue weighted by atomic mass is 16.3. The predicted molar refractivity (Wildman–Crippen MR) is 46.4 cm³/mol. The second-order valence-corrected chi connectivity index (χ2v) is 3.25. The highest BCUT2D eigenvalue weighted by Crippen LogP contribution is 2.16. The van der Waals surface area contributed by atoms with Gasteiger partial charge in [-0.05, 0) is 25.7 Å². The fraction of sp³-hybridized carbons (Fsp3) is 1.00. The molecule has 2 atom stereocenters. The van der Waals surface area contributed by atoms with Crippen molar-refractivity contribution in [3.05, 3.63) is 0 Å². The third kappa shape index (κ3) is 6.32. The standard InChI is InChI=1S/C9H20O2/c1-3-4-9(5-6-10)7-8(2)11/h8-11H,3-7H2,1-2H3. The Balaban J connectivity index is 3.50. The van der Waals surface area contributed by atoms with E-state index in [2.05, 4.69) is 6.92 Å². The van der Waals surface area contributed by atoms with E-state index in [1.807, 2.05) is 0 Å². The van der Waals surface area contributed by atoms with Crippen LogP contribution in [-0.4, -0.2) is 22.9 Å². The van der Waals surface area contributed by atoms with Gasteiger partial charge < -0.3 is 10.2 Å². The zero-order chi connectivity index (χ0) is 8.69. The molecule has 0 saturated heterocycles. The highest BCUT2D eigenvalue weighted by Gasteiger charge is 2.09. The van der Waals surface area contributed by atoms with Gasteiger partial charge in [0.15, 0.2) is 0 Å². The molecule has 0 aliphatic carbocycles. The van der Waals surface area contributed by atoms with Crippen molar-refractivity contribution in [2.75, 3.05) is 6.61 Å². The van der Waals surface area contributed by atoms with E-state index in [1.165, 1.54) is 0 Å². The molecule has 11 heavy (non-hydrogen) atoms. The van der Waals surface area contributed by atoms with Gasteiger partial charge in [-0.3, -0.25) is 0 Å². The topological polar surface area (TPSA) is 40.5 Å². The van der Waals surface area contributed by atoms with Crippen LogP contribution in [0.5, 0.6) is 0 Å². The van der Waals surface area contributed by atoms with Crippen LogP contribution in [0.25, 0.3) is 0 Å². The van der Waals surface area contributed by atoms with Gasteiger partial charge in [0.05, 0.1) is 6.10 Å². The third-order valence-electron chi connectivity index (χ3n) is 1.91. The number of hydrogen-bond acceptors (Lipinski definition) is 2. The summed E-state index contributed by atoms with van der Waals surface area (Å²) in [6.45, 7) is 4.18. The van der Waals surface area contributed by atoms with Crippen LogP contribution in [0, 0.1) is 5.92 Å². The first kappa shape index (κ1) is 10.9. The Morgan fingerprint density at radius 1 is 1.27 bits per heavy atom. The van der Waals surface area contributed by atoms with Crippen LogP contribution < -0.4 is 0 Å². The van der Waals surface area contributed by atoms with Crippen molar-refractivity contribution in [2.24, 2.45) is 5.92 Å². The summed E-state index contributed by atoms with van der Waals surface area (Å²) in [6.07, 6.45) is 3.69. The molecule has 2 unspecified atom stereocenters. The summed E-state index contributed by atoms with van der Waals surface area (Å²) < 4.78 is 0. The molecule has 0 saturated carbocycles. The van der Waals surface area contributed by atoms with Crippen LogP contribution in [0.3, 0.4) is 0 Å². The van der Waals surface area contributed by atoms with Crippen molar-refractivity contribution >= 4 is 0 Å². The molecule has 0 aromatic rings. The second kappa shape index (κ2) is 6.62. The summed E-state index contributed by atoms with van der Waals surface area (Å²) in [4.78, 5) is 0. The fourth-order valence-corrected chi connectivity index (χ4v) is 1.45. The SMILES string of the molecule is CCCC(CCO)CC(C)O. The number of aliphatic hydroxyl groups is 2. The van der Waals surface area contributed by atoms with E-state index in [1.54, 1.807) is 6.92 Å². The van der Waals surface area contributed by atoms with E-state index in [4.69, 9.17) is 10.2 Å². The molecule has 2 nitrogen and oxygen atoms in total. The van der Waals surface area contributed by atoms with Gasteiger partial charge in [0.25, 0.3) is 0 Å². The number of aliphatic hydroxyl groups excluding tert-OH is 2. The van der Waals surface area contributed by atoms with Crippen LogP contribution in [-0.2, 0) is 0 Å². The van der Waals surface area contributed by atoms with Gasteiger partial charge in [0.2, 0.25) is 0 Å². The van der Waals surface area contributed by atoms with Gasteiger partial charge in [-0.2, -0.15) is 0 Å². The second-order valence-electron chi connectivity index (χ2n) is 3.25. The van der Waals surface area contributed by atoms with Crippen LogP contribution in [0.4, 0.5) is 0 Å². The molecule has 0 bridgehead atoms. The lowest BCUT2D eigenvalue weighted by molar-refractivity contribution is 0.143. The van der Waals surface area contributed by atoms with Crippen molar-refractivity contribution in [2.45, 2.75) is 45.6 Å². The first-order valence-corrected chi connectivity index (χ1v) is 4.49. The van der Waals surface area contributed by atoms with Crippen molar-refractivity contribution < 1.29 is 10.2 Å². The summed E-state index contributed by atoms with van der Waals surface area (Å²) in [5, 5.41) is 17.8. The van der Waals surface area contributed by atoms with Gasteiger partial charge in [-0.15, -0.1) is 0 Å². The summed E-state index contributed by atoms with van der Waals surface area (Å²) >= 11 is 0. The third-order valence-corrected chi connectivity index (χ3v) is 1.91. The maximum Gasteiger partial charge on any atom is 0.0514 e. The Bertz CT molecular complexity index is 75.6. The van der Waals surface area contributed by atoms with Crippen LogP contribution in [0.1, 0.15) is 39.5 Å². The van der Waals surface area contributed by atoms with Gasteiger partial charge in [0.1, 0.15) is 0 Å². The summed E-state index contributed by atoms with van der Waals surface area (Å²) in [5.41, 5.74) is 0. The minimum atomic E-state index is -0.224. The molecule has 0 fully saturated rings. The molecule has 0 aliphatic rings. The Morgan fingerprint density at radius 2 is 1.91 bits per heavy atom. The Hall–Kier alpha value is -0.0800. The first-order valence-electron chi connectivity index (χ1n) is 4.49. The zero-order valence-corrected chi connectivity index (χ0v) is 7.58. The zero-order valence-electron chi connectivity index (χ0n) is 7.58. The molecular weight excluding hydrogens is 140 g/mol. The average Bonchev–Trinajstić information content (AvgIpc) is 1.87. The van der Waals surface area contributed by atoms with Crippen LogP contribution >= 0.6 is 0 Å². The monoisotopic (exact) mass is 160 g/mol. The van der Waals surface area contributed by atoms with E-state index in [9.17, 15) is 0 Å². The molecule has 0 rings (SSSR count). The molecule has 2 N–H and O–H groups in total. The minimum Gasteiger partial charge on any atom is -0.396 e. The Morgan fingerprint density at radius 3 is 2.27 bits per heavy atom. The lowest BCUT2D eigenvalue weighted by atomic mass is 9.94. The lowest BCUT2D eigenvalue weighted by Gasteiger charge is -2.15. The molecule has 0 aromatic carbocycles. The van der Waals surface area contributed by atoms with E-state index < -0.39 is 0 Å². The quantitative estimate of drug-likeness (QED) is 0.619. The van der Waals surface area contributed by atoms with Crippen molar-refractivity contribution in [1.29, 1.82) is 0 Å². The molecule has 0 amide bonds. The first-order chi connectivity index (χ1) is 5.20. The molecule has 68 valence electrons. The lowest BCUT2D eigenvalue weighted by Crippen LogP contribution is -2.11. The number of rotatable bonds is 6. The highest BCUT2D eigenvalue weighted by molar-refractivity contribution is 4.61. The molecule has 0 aromatic heterocycles. The van der Waals surface area contributed by atoms with E-state index >= 15 is 0 Å². The van der Waals surface area contributed by atoms with E-state index in [0.29, 0.717) is 5.92 Å². The fourth-order valence-electron chi connectivity index (χ4n) is 1.45. The van der Waals surface area contributed by atoms with Crippen molar-refractivity contribution in [3.8, 4) is 0 Å². The largest absolute Gasteiger partial charge is 0.396 e. The maximum absolute atomic E-state index is 9.09. The number of hydrogen-bond donors (Lipinski definition) is 2. The molecule has 0 radical (unpaired) electrons. The minimum absolute atomic E-state index is 0.224. The van der Waals surface area contributed by atoms with Gasteiger partial charge in [-0.1, -0.05) is 19.8 Å². The van der Waals surface area contributed by atoms with E-state index in [0.717, 1.165) is 25.7 Å². The molecule has 0 aliphatic heterocycles. The van der Waals surface area contributed by atoms with Gasteiger partial charge in [-0.25, -0.2) is 0 Å². The Labute approximate surface area is 69.2 Å². The normalized spacial score (nSPS) is 16.4. The van der Waals surface area contributed by atoms with Crippen molar-refractivity contribution in [3.63, 3.8) is 0 Å². The van der Waals surface area contributed by atoms with Gasteiger partial charge in [0, 0.05) is 6.61 Å². The van der Waals surface area contributed by atoms with Crippen molar-refractivity contribution in [1.82, 2.24) is 0 Å². The average molecular weight is 160 g/mol. The molecule has 0 heterocycles. The predicted octanol–water partition coefficient (Wildman–Crippen LogP) is 1.56. The van der Waals surface area contributed by atoms with Gasteiger partial charge >= 0.3 is 0 Å². The smallest absolute Gasteiger partial charge is 0.0514 e. The molecule has 0 spiro atoms. The maximum atomic E-state index is 9.09. The van der Waals surface area contributed by atoms with Crippen LogP contribution in [0.2, 0.25) is 0 Å².